The first-order valence-corrected chi connectivity index (χ1v) is 8.50. The molecule has 0 fully saturated rings. The first-order chi connectivity index (χ1) is 11.5. The molecular weight excluding hydrogens is 347 g/mol. The number of anilines is 2. The van der Waals surface area contributed by atoms with Gasteiger partial charge in [-0.3, -0.25) is 0 Å². The van der Waals surface area contributed by atoms with Gasteiger partial charge in [-0.2, -0.15) is 0 Å². The van der Waals surface area contributed by atoms with E-state index in [0.29, 0.717) is 21.6 Å². The third-order valence-electron chi connectivity index (χ3n) is 4.20. The topological polar surface area (TPSA) is 24.5 Å². The molecule has 1 aliphatic heterocycles. The molecule has 6 heteroatoms. The molecule has 3 rings (SSSR count). The van der Waals surface area contributed by atoms with Crippen LogP contribution in [0.25, 0.3) is 0 Å². The molecule has 0 spiro atoms. The zero-order valence-corrected chi connectivity index (χ0v) is 15.0. The third kappa shape index (κ3) is 3.32. The van der Waals surface area contributed by atoms with Crippen LogP contribution in [0.3, 0.4) is 0 Å². The second kappa shape index (κ2) is 6.95. The van der Waals surface area contributed by atoms with E-state index in [1.807, 2.05) is 4.90 Å². The zero-order valence-electron chi connectivity index (χ0n) is 13.5. The standard InChI is InChI=1S/C18H18ClFN2OS/c1-11-3-4-12-9-14(20)6-7-16(12)22(11)18(24)21-15-10-13(19)5-8-17(15)23-2/h5-11H,3-4H2,1-2H3,(H,21,24)/t11-/m0/s1. The van der Waals surface area contributed by atoms with E-state index in [0.717, 1.165) is 24.1 Å². The molecule has 2 aromatic rings. The van der Waals surface area contributed by atoms with Gasteiger partial charge in [0, 0.05) is 16.8 Å². The molecular formula is C18H18ClFN2OS. The van der Waals surface area contributed by atoms with Gasteiger partial charge in [0.1, 0.15) is 11.6 Å². The summed E-state index contributed by atoms with van der Waals surface area (Å²) in [6.45, 7) is 2.11. The largest absolute Gasteiger partial charge is 0.495 e. The number of hydrogen-bond acceptors (Lipinski definition) is 2. The van der Waals surface area contributed by atoms with Crippen molar-refractivity contribution < 1.29 is 9.13 Å². The number of benzene rings is 2. The molecule has 0 bridgehead atoms. The number of halogens is 2. The number of fused-ring (bicyclic) bond motifs is 1. The predicted molar refractivity (Wildman–Crippen MR) is 101 cm³/mol. The van der Waals surface area contributed by atoms with Gasteiger partial charge >= 0.3 is 0 Å². The lowest BCUT2D eigenvalue weighted by molar-refractivity contribution is 0.417. The Bertz CT molecular complexity index is 784. The second-order valence-electron chi connectivity index (χ2n) is 5.81. The van der Waals surface area contributed by atoms with Crippen molar-refractivity contribution in [3.8, 4) is 5.75 Å². The van der Waals surface area contributed by atoms with E-state index in [-0.39, 0.29) is 11.9 Å². The number of methoxy groups -OCH3 is 1. The van der Waals surface area contributed by atoms with Crippen molar-refractivity contribution in [1.29, 1.82) is 0 Å². The van der Waals surface area contributed by atoms with Crippen LogP contribution in [-0.4, -0.2) is 18.3 Å². The molecule has 0 radical (unpaired) electrons. The number of hydrogen-bond donors (Lipinski definition) is 1. The van der Waals surface area contributed by atoms with Crippen LogP contribution in [0.1, 0.15) is 18.9 Å². The molecule has 3 nitrogen and oxygen atoms in total. The van der Waals surface area contributed by atoms with Crippen LogP contribution in [0.15, 0.2) is 36.4 Å². The van der Waals surface area contributed by atoms with Crippen LogP contribution in [0.4, 0.5) is 15.8 Å². The van der Waals surface area contributed by atoms with E-state index in [1.165, 1.54) is 6.07 Å². The molecule has 0 aromatic heterocycles. The van der Waals surface area contributed by atoms with E-state index in [2.05, 4.69) is 12.2 Å². The summed E-state index contributed by atoms with van der Waals surface area (Å²) in [4.78, 5) is 2.02. The van der Waals surface area contributed by atoms with Gasteiger partial charge in [0.2, 0.25) is 0 Å². The first-order valence-electron chi connectivity index (χ1n) is 7.72. The van der Waals surface area contributed by atoms with E-state index < -0.39 is 0 Å². The number of thiocarbonyl (C=S) groups is 1. The predicted octanol–water partition coefficient (Wildman–Crippen LogP) is 5.03. The number of nitrogens with one attached hydrogen (secondary N) is 1. The lowest BCUT2D eigenvalue weighted by Crippen LogP contribution is -2.44. The average Bonchev–Trinajstić information content (AvgIpc) is 2.55. The Morgan fingerprint density at radius 2 is 2.12 bits per heavy atom. The maximum atomic E-state index is 13.5. The van der Waals surface area contributed by atoms with Crippen molar-refractivity contribution in [3.05, 3.63) is 52.8 Å². The number of ether oxygens (including phenoxy) is 1. The van der Waals surface area contributed by atoms with Crippen molar-refractivity contribution in [2.24, 2.45) is 0 Å². The van der Waals surface area contributed by atoms with Gasteiger partial charge < -0.3 is 15.0 Å². The Morgan fingerprint density at radius 3 is 2.88 bits per heavy atom. The molecule has 0 unspecified atom stereocenters. The quantitative estimate of drug-likeness (QED) is 0.756. The summed E-state index contributed by atoms with van der Waals surface area (Å²) in [5.41, 5.74) is 2.61. The molecule has 0 saturated heterocycles. The van der Waals surface area contributed by atoms with Gasteiger partial charge in [-0.15, -0.1) is 0 Å². The van der Waals surface area contributed by atoms with Gasteiger partial charge in [-0.1, -0.05) is 11.6 Å². The fourth-order valence-electron chi connectivity index (χ4n) is 2.98. The Hall–Kier alpha value is -1.85. The summed E-state index contributed by atoms with van der Waals surface area (Å²) in [6, 6.07) is 10.4. The van der Waals surface area contributed by atoms with Gasteiger partial charge in [-0.05, 0) is 73.9 Å². The Morgan fingerprint density at radius 1 is 1.33 bits per heavy atom. The van der Waals surface area contributed by atoms with Crippen LogP contribution >= 0.6 is 23.8 Å². The maximum absolute atomic E-state index is 13.5. The normalized spacial score (nSPS) is 16.5. The van der Waals surface area contributed by atoms with Crippen LogP contribution in [0.2, 0.25) is 5.02 Å². The SMILES string of the molecule is COc1ccc(Cl)cc1NC(=S)N1c2ccc(F)cc2CC[C@@H]1C. The average molecular weight is 365 g/mol. The highest BCUT2D eigenvalue weighted by Crippen LogP contribution is 2.33. The van der Waals surface area contributed by atoms with Gasteiger partial charge in [0.25, 0.3) is 0 Å². The van der Waals surface area contributed by atoms with Crippen LogP contribution in [0, 0.1) is 5.82 Å². The van der Waals surface area contributed by atoms with Crippen molar-refractivity contribution >= 4 is 40.3 Å². The highest BCUT2D eigenvalue weighted by molar-refractivity contribution is 7.80. The summed E-state index contributed by atoms with van der Waals surface area (Å²) in [5.74, 6) is 0.435. The Balaban J connectivity index is 1.92. The lowest BCUT2D eigenvalue weighted by Gasteiger charge is -2.37. The zero-order chi connectivity index (χ0) is 17.3. The van der Waals surface area contributed by atoms with E-state index in [9.17, 15) is 4.39 Å². The molecule has 2 aromatic carbocycles. The third-order valence-corrected chi connectivity index (χ3v) is 4.73. The molecule has 0 amide bonds. The Kier molecular flexibility index (Phi) is 4.92. The van der Waals surface area contributed by atoms with Gasteiger partial charge in [0.05, 0.1) is 12.8 Å². The van der Waals surface area contributed by atoms with Crippen LogP contribution < -0.4 is 15.0 Å². The summed E-state index contributed by atoms with van der Waals surface area (Å²) in [6.07, 6.45) is 1.75. The lowest BCUT2D eigenvalue weighted by atomic mass is 9.97. The minimum absolute atomic E-state index is 0.216. The van der Waals surface area contributed by atoms with Gasteiger partial charge in [0.15, 0.2) is 5.11 Å². The molecule has 1 aliphatic rings. The number of nitrogens with zero attached hydrogens (tertiary/aromatic N) is 1. The van der Waals surface area contributed by atoms with Crippen molar-refractivity contribution in [2.45, 2.75) is 25.8 Å². The molecule has 0 aliphatic carbocycles. The molecule has 0 saturated carbocycles. The first kappa shape index (κ1) is 17.0. The van der Waals surface area contributed by atoms with Gasteiger partial charge in [-0.25, -0.2) is 4.39 Å². The van der Waals surface area contributed by atoms with E-state index >= 15 is 0 Å². The molecule has 1 N–H and O–H groups in total. The number of aryl methyl sites for hydroxylation is 1. The minimum atomic E-state index is -0.223. The fourth-order valence-corrected chi connectivity index (χ4v) is 3.54. The molecule has 1 heterocycles. The summed E-state index contributed by atoms with van der Waals surface area (Å²) < 4.78 is 18.9. The highest BCUT2D eigenvalue weighted by atomic mass is 35.5. The minimum Gasteiger partial charge on any atom is -0.495 e. The van der Waals surface area contributed by atoms with Crippen LogP contribution in [0.5, 0.6) is 5.75 Å². The fraction of sp³-hybridized carbons (Fsp3) is 0.278. The van der Waals surface area contributed by atoms with E-state index in [4.69, 9.17) is 28.6 Å². The number of rotatable bonds is 2. The summed E-state index contributed by atoms with van der Waals surface area (Å²) in [7, 11) is 1.60. The molecule has 24 heavy (non-hydrogen) atoms. The summed E-state index contributed by atoms with van der Waals surface area (Å²) in [5, 5.41) is 4.34. The second-order valence-corrected chi connectivity index (χ2v) is 6.63. The van der Waals surface area contributed by atoms with Crippen LogP contribution in [-0.2, 0) is 6.42 Å². The molecule has 126 valence electrons. The maximum Gasteiger partial charge on any atom is 0.178 e. The highest BCUT2D eigenvalue weighted by Gasteiger charge is 2.27. The van der Waals surface area contributed by atoms with Crippen molar-refractivity contribution in [1.82, 2.24) is 0 Å². The van der Waals surface area contributed by atoms with Crippen molar-refractivity contribution in [3.63, 3.8) is 0 Å². The molecule has 1 atom stereocenters. The monoisotopic (exact) mass is 364 g/mol. The van der Waals surface area contributed by atoms with E-state index in [1.54, 1.807) is 37.4 Å². The smallest absolute Gasteiger partial charge is 0.178 e. The summed E-state index contributed by atoms with van der Waals surface area (Å²) >= 11 is 11.7. The van der Waals surface area contributed by atoms with Crippen molar-refractivity contribution in [2.75, 3.05) is 17.3 Å². The Labute approximate surface area is 151 Å².